The third-order valence-corrected chi connectivity index (χ3v) is 6.83. The summed E-state index contributed by atoms with van der Waals surface area (Å²) in [5.74, 6) is -0.705. The molecule has 0 aromatic rings. The van der Waals surface area contributed by atoms with E-state index in [0.29, 0.717) is 11.0 Å². The van der Waals surface area contributed by atoms with Gasteiger partial charge in [-0.05, 0) is 65.6 Å². The summed E-state index contributed by atoms with van der Waals surface area (Å²) in [7, 11) is -0.150. The Labute approximate surface area is 179 Å². The van der Waals surface area contributed by atoms with Crippen LogP contribution in [0.3, 0.4) is 0 Å². The Hall–Kier alpha value is -1.61. The molecule has 3 rings (SSSR count). The van der Waals surface area contributed by atoms with Gasteiger partial charge in [-0.25, -0.2) is 4.79 Å². The highest BCUT2D eigenvalue weighted by molar-refractivity contribution is 6.45. The molecule has 2 saturated heterocycles. The van der Waals surface area contributed by atoms with Gasteiger partial charge in [-0.1, -0.05) is 24.3 Å². The summed E-state index contributed by atoms with van der Waals surface area (Å²) in [6, 6.07) is 0. The van der Waals surface area contributed by atoms with Crippen LogP contribution in [0.5, 0.6) is 0 Å². The van der Waals surface area contributed by atoms with Crippen LogP contribution >= 0.6 is 0 Å². The molecule has 1 aliphatic carbocycles. The molecule has 30 heavy (non-hydrogen) atoms. The van der Waals surface area contributed by atoms with E-state index < -0.39 is 18.0 Å². The molecule has 168 valence electrons. The Morgan fingerprint density at radius 3 is 2.30 bits per heavy atom. The van der Waals surface area contributed by atoms with Crippen LogP contribution in [0.1, 0.15) is 85.5 Å². The summed E-state index contributed by atoms with van der Waals surface area (Å²) < 4.78 is 17.5. The molecule has 9 heteroatoms. The Kier molecular flexibility index (Phi) is 7.12. The molecule has 2 aliphatic heterocycles. The van der Waals surface area contributed by atoms with E-state index in [2.05, 4.69) is 27.7 Å². The largest absolute Gasteiger partial charge is 0.534 e. The molecule has 2 atom stereocenters. The van der Waals surface area contributed by atoms with Crippen molar-refractivity contribution in [3.8, 4) is 0 Å². The first-order valence-corrected chi connectivity index (χ1v) is 11.2. The number of carbonyl (C=O) groups excluding carboxylic acids is 3. The number of amides is 2. The predicted molar refractivity (Wildman–Crippen MR) is 109 cm³/mol. The highest BCUT2D eigenvalue weighted by Gasteiger charge is 2.50. The minimum atomic E-state index is -0.962. The molecule has 8 nitrogen and oxygen atoms in total. The average Bonchev–Trinajstić information content (AvgIpc) is 3.27. The molecule has 0 unspecified atom stereocenters. The number of rotatable bonds is 8. The lowest BCUT2D eigenvalue weighted by Gasteiger charge is -2.32. The fraction of sp³-hybridized carbons (Fsp3) is 0.857. The number of carbonyl (C=O) groups is 3. The van der Waals surface area contributed by atoms with E-state index in [4.69, 9.17) is 18.9 Å². The second-order valence-electron chi connectivity index (χ2n) is 9.59. The number of hydroxylamine groups is 2. The molecule has 0 aromatic heterocycles. The van der Waals surface area contributed by atoms with Crippen molar-refractivity contribution < 1.29 is 33.3 Å². The maximum Gasteiger partial charge on any atom is 0.534 e. The van der Waals surface area contributed by atoms with Crippen LogP contribution in [0.25, 0.3) is 0 Å². The van der Waals surface area contributed by atoms with Crippen LogP contribution < -0.4 is 0 Å². The summed E-state index contributed by atoms with van der Waals surface area (Å²) in [6.07, 6.45) is 6.75. The van der Waals surface area contributed by atoms with E-state index in [-0.39, 0.29) is 37.3 Å². The third kappa shape index (κ3) is 5.35. The Morgan fingerprint density at radius 1 is 1.03 bits per heavy atom. The summed E-state index contributed by atoms with van der Waals surface area (Å²) in [5.41, 5.74) is -0.573. The number of hydrogen-bond donors (Lipinski definition) is 0. The maximum absolute atomic E-state index is 12.0. The Balaban J connectivity index is 1.33. The summed E-state index contributed by atoms with van der Waals surface area (Å²) in [6.45, 7) is 8.25. The molecular weight excluding hydrogens is 389 g/mol. The first-order valence-electron chi connectivity index (χ1n) is 11.2. The van der Waals surface area contributed by atoms with E-state index in [9.17, 15) is 14.4 Å². The molecular formula is C21H34BNO7. The fourth-order valence-corrected chi connectivity index (χ4v) is 4.34. The van der Waals surface area contributed by atoms with Crippen LogP contribution in [0.4, 0.5) is 4.79 Å². The zero-order valence-corrected chi connectivity index (χ0v) is 18.6. The normalized spacial score (nSPS) is 27.7. The lowest BCUT2D eigenvalue weighted by molar-refractivity contribution is -0.179. The summed E-state index contributed by atoms with van der Waals surface area (Å²) in [4.78, 5) is 39.9. The van der Waals surface area contributed by atoms with Gasteiger partial charge in [0.25, 0.3) is 11.8 Å². The molecule has 3 fully saturated rings. The summed E-state index contributed by atoms with van der Waals surface area (Å²) >= 11 is 0. The van der Waals surface area contributed by atoms with Gasteiger partial charge < -0.3 is 14.0 Å². The molecule has 3 aliphatic rings. The number of nitrogens with zero attached hydrogens (tertiary/aromatic N) is 1. The molecule has 0 N–H and O–H groups in total. The van der Waals surface area contributed by atoms with E-state index in [0.717, 1.165) is 51.3 Å². The zero-order chi connectivity index (χ0) is 21.9. The highest BCUT2D eigenvalue weighted by Crippen LogP contribution is 2.38. The number of unbranched alkanes of at least 4 members (excludes halogenated alkanes) is 2. The average molecular weight is 423 g/mol. The van der Waals surface area contributed by atoms with E-state index in [1.54, 1.807) is 0 Å². The van der Waals surface area contributed by atoms with Crippen molar-refractivity contribution in [2.24, 2.45) is 5.92 Å². The van der Waals surface area contributed by atoms with Crippen molar-refractivity contribution in [1.29, 1.82) is 0 Å². The van der Waals surface area contributed by atoms with Crippen molar-refractivity contribution in [2.45, 2.75) is 109 Å². The molecule has 0 aromatic carbocycles. The van der Waals surface area contributed by atoms with Gasteiger partial charge in [-0.2, -0.15) is 0 Å². The van der Waals surface area contributed by atoms with Crippen molar-refractivity contribution in [2.75, 3.05) is 0 Å². The molecule has 0 spiro atoms. The number of ether oxygens (including phenoxy) is 1. The summed E-state index contributed by atoms with van der Waals surface area (Å²) in [5, 5.41) is 0.530. The van der Waals surface area contributed by atoms with Crippen molar-refractivity contribution in [1.82, 2.24) is 5.06 Å². The standard InChI is InChI=1S/C21H34BNO7/c1-20(2)21(3,4)30-22(29-20)14-7-5-6-9-15-10-8-11-16(15)27-19(26)28-23-17(24)12-13-18(23)25/h15-16H,5-14H2,1-4H3/t15-,16-/m1/s1. The van der Waals surface area contributed by atoms with Crippen molar-refractivity contribution >= 4 is 25.1 Å². The lowest BCUT2D eigenvalue weighted by atomic mass is 9.82. The molecule has 1 saturated carbocycles. The Bertz CT molecular complexity index is 634. The third-order valence-electron chi connectivity index (χ3n) is 6.83. The fourth-order valence-electron chi connectivity index (χ4n) is 4.34. The van der Waals surface area contributed by atoms with Crippen LogP contribution in [-0.4, -0.2) is 47.5 Å². The van der Waals surface area contributed by atoms with Crippen LogP contribution in [-0.2, 0) is 28.5 Å². The first-order chi connectivity index (χ1) is 14.1. The van der Waals surface area contributed by atoms with Crippen LogP contribution in [0, 0.1) is 5.92 Å². The van der Waals surface area contributed by atoms with Gasteiger partial charge in [0.2, 0.25) is 0 Å². The monoisotopic (exact) mass is 423 g/mol. The topological polar surface area (TPSA) is 91.4 Å². The molecule has 0 bridgehead atoms. The van der Waals surface area contributed by atoms with Crippen molar-refractivity contribution in [3.63, 3.8) is 0 Å². The van der Waals surface area contributed by atoms with Gasteiger partial charge >= 0.3 is 13.3 Å². The van der Waals surface area contributed by atoms with Crippen LogP contribution in [0.15, 0.2) is 0 Å². The van der Waals surface area contributed by atoms with E-state index >= 15 is 0 Å². The first kappa shape index (κ1) is 23.1. The number of hydrogen-bond acceptors (Lipinski definition) is 7. The highest BCUT2D eigenvalue weighted by atomic mass is 16.8. The van der Waals surface area contributed by atoms with Gasteiger partial charge in [0.1, 0.15) is 6.10 Å². The smallest absolute Gasteiger partial charge is 0.429 e. The minimum Gasteiger partial charge on any atom is -0.429 e. The quantitative estimate of drug-likeness (QED) is 0.252. The van der Waals surface area contributed by atoms with E-state index in [1.165, 1.54) is 0 Å². The van der Waals surface area contributed by atoms with E-state index in [1.807, 2.05) is 0 Å². The van der Waals surface area contributed by atoms with Gasteiger partial charge in [0.05, 0.1) is 11.2 Å². The van der Waals surface area contributed by atoms with Gasteiger partial charge in [-0.15, -0.1) is 0 Å². The molecule has 2 amide bonds. The van der Waals surface area contributed by atoms with Gasteiger partial charge in [0, 0.05) is 12.8 Å². The second kappa shape index (κ2) is 9.26. The zero-order valence-electron chi connectivity index (χ0n) is 18.6. The predicted octanol–water partition coefficient (Wildman–Crippen LogP) is 4.02. The molecule has 0 radical (unpaired) electrons. The lowest BCUT2D eigenvalue weighted by Crippen LogP contribution is -2.41. The van der Waals surface area contributed by atoms with Gasteiger partial charge in [0.15, 0.2) is 0 Å². The SMILES string of the molecule is CC1(C)OB(CCCCC[C@@H]2CCC[C@H]2OC(=O)ON2C(=O)CCC2=O)OC1(C)C. The maximum atomic E-state index is 12.0. The Morgan fingerprint density at radius 2 is 1.67 bits per heavy atom. The van der Waals surface area contributed by atoms with Gasteiger partial charge in [-0.3, -0.25) is 14.4 Å². The second-order valence-corrected chi connectivity index (χ2v) is 9.59. The van der Waals surface area contributed by atoms with Crippen LogP contribution in [0.2, 0.25) is 6.32 Å². The van der Waals surface area contributed by atoms with Crippen molar-refractivity contribution in [3.05, 3.63) is 0 Å². The minimum absolute atomic E-state index is 0.0735. The molecule has 2 heterocycles. The number of imide groups is 1.